The van der Waals surface area contributed by atoms with E-state index in [0.717, 1.165) is 43.4 Å². The van der Waals surface area contributed by atoms with Gasteiger partial charge in [-0.15, -0.1) is 11.3 Å². The van der Waals surface area contributed by atoms with Gasteiger partial charge in [-0.3, -0.25) is 9.59 Å². The van der Waals surface area contributed by atoms with Crippen LogP contribution in [0.2, 0.25) is 5.02 Å². The molecule has 0 atom stereocenters. The Labute approximate surface area is 167 Å². The average molecular weight is 404 g/mol. The third kappa shape index (κ3) is 4.57. The first-order valence-corrected chi connectivity index (χ1v) is 10.2. The van der Waals surface area contributed by atoms with Crippen LogP contribution < -0.4 is 10.7 Å². The summed E-state index contributed by atoms with van der Waals surface area (Å²) in [6.45, 7) is 3.63. The number of benzene rings is 1. The number of hydrazone groups is 1. The third-order valence-electron chi connectivity index (χ3n) is 4.37. The predicted octanol–water partition coefficient (Wildman–Crippen LogP) is 5.05. The minimum atomic E-state index is -0.318. The molecule has 2 aromatic rings. The molecule has 1 aromatic carbocycles. The number of carbonyl (C=O) groups is 2. The van der Waals surface area contributed by atoms with E-state index < -0.39 is 0 Å². The van der Waals surface area contributed by atoms with Crippen LogP contribution in [-0.4, -0.2) is 17.5 Å². The Morgan fingerprint density at radius 3 is 2.56 bits per heavy atom. The van der Waals surface area contributed by atoms with Crippen molar-refractivity contribution in [2.75, 3.05) is 5.32 Å². The summed E-state index contributed by atoms with van der Waals surface area (Å²) in [6, 6.07) is 6.88. The summed E-state index contributed by atoms with van der Waals surface area (Å²) in [6.07, 6.45) is 5.05. The zero-order chi connectivity index (χ0) is 19.4. The standard InChI is InChI=1S/C20H22ClN3O2S/c1-12(2)23-24-19(26)17-14-9-4-3-5-11-16(14)27-20(17)22-18(25)13-8-6-7-10-15(13)21/h6-8,10H,3-5,9,11H2,1-2H3,(H,22,25)(H,24,26). The van der Waals surface area contributed by atoms with E-state index in [1.807, 2.05) is 13.8 Å². The third-order valence-corrected chi connectivity index (χ3v) is 5.91. The van der Waals surface area contributed by atoms with Crippen molar-refractivity contribution in [3.8, 4) is 0 Å². The zero-order valence-electron chi connectivity index (χ0n) is 15.4. The van der Waals surface area contributed by atoms with Gasteiger partial charge in [-0.1, -0.05) is 30.2 Å². The summed E-state index contributed by atoms with van der Waals surface area (Å²) in [4.78, 5) is 26.7. The van der Waals surface area contributed by atoms with Gasteiger partial charge in [0.15, 0.2) is 0 Å². The number of rotatable bonds is 4. The molecule has 0 saturated carbocycles. The second kappa shape index (κ2) is 8.67. The molecule has 1 heterocycles. The molecule has 0 saturated heterocycles. The summed E-state index contributed by atoms with van der Waals surface area (Å²) in [5.74, 6) is -0.605. The van der Waals surface area contributed by atoms with Gasteiger partial charge in [0.05, 0.1) is 16.1 Å². The maximum atomic E-state index is 12.8. The topological polar surface area (TPSA) is 70.6 Å². The lowest BCUT2D eigenvalue weighted by Gasteiger charge is -2.09. The van der Waals surface area contributed by atoms with Gasteiger partial charge in [0.25, 0.3) is 11.8 Å². The monoisotopic (exact) mass is 403 g/mol. The van der Waals surface area contributed by atoms with E-state index in [-0.39, 0.29) is 11.8 Å². The number of thiophene rings is 1. The van der Waals surface area contributed by atoms with E-state index in [1.54, 1.807) is 24.3 Å². The molecule has 0 unspecified atom stereocenters. The van der Waals surface area contributed by atoms with E-state index >= 15 is 0 Å². The number of anilines is 1. The SMILES string of the molecule is CC(C)=NNC(=O)c1c(NC(=O)c2ccccc2Cl)sc2c1CCCCC2. The van der Waals surface area contributed by atoms with Crippen molar-refractivity contribution in [1.29, 1.82) is 0 Å². The Morgan fingerprint density at radius 1 is 1.07 bits per heavy atom. The van der Waals surface area contributed by atoms with E-state index in [1.165, 1.54) is 16.2 Å². The van der Waals surface area contributed by atoms with Gasteiger partial charge < -0.3 is 5.32 Å². The number of hydrogen-bond acceptors (Lipinski definition) is 4. The van der Waals surface area contributed by atoms with E-state index in [4.69, 9.17) is 11.6 Å². The highest BCUT2D eigenvalue weighted by Crippen LogP contribution is 2.38. The van der Waals surface area contributed by atoms with Gasteiger partial charge in [0.2, 0.25) is 0 Å². The highest BCUT2D eigenvalue weighted by Gasteiger charge is 2.26. The van der Waals surface area contributed by atoms with E-state index in [2.05, 4.69) is 15.8 Å². The molecule has 1 aliphatic rings. The Bertz CT molecular complexity index is 901. The fraction of sp³-hybridized carbons (Fsp3) is 0.350. The lowest BCUT2D eigenvalue weighted by Crippen LogP contribution is -2.22. The van der Waals surface area contributed by atoms with Gasteiger partial charge in [-0.25, -0.2) is 5.43 Å². The summed E-state index contributed by atoms with van der Waals surface area (Å²) in [7, 11) is 0. The summed E-state index contributed by atoms with van der Waals surface area (Å²) in [5, 5.41) is 7.88. The molecule has 0 fully saturated rings. The van der Waals surface area contributed by atoms with Crippen LogP contribution in [0.1, 0.15) is 64.3 Å². The zero-order valence-corrected chi connectivity index (χ0v) is 17.0. The van der Waals surface area contributed by atoms with Crippen molar-refractivity contribution in [1.82, 2.24) is 5.43 Å². The van der Waals surface area contributed by atoms with Crippen LogP contribution in [0.25, 0.3) is 0 Å². The first-order valence-electron chi connectivity index (χ1n) is 8.99. The molecule has 1 aliphatic carbocycles. The smallest absolute Gasteiger partial charge is 0.274 e. The molecule has 1 aromatic heterocycles. The molecule has 0 aliphatic heterocycles. The molecule has 2 N–H and O–H groups in total. The fourth-order valence-electron chi connectivity index (χ4n) is 3.11. The minimum Gasteiger partial charge on any atom is -0.313 e. The van der Waals surface area contributed by atoms with Gasteiger partial charge in [0.1, 0.15) is 5.00 Å². The molecule has 2 amide bonds. The lowest BCUT2D eigenvalue weighted by molar-refractivity contribution is 0.0955. The second-order valence-corrected chi connectivity index (χ2v) is 8.21. The number of halogens is 1. The molecular weight excluding hydrogens is 382 g/mol. The molecule has 142 valence electrons. The first-order chi connectivity index (χ1) is 13.0. The Balaban J connectivity index is 1.96. The van der Waals surface area contributed by atoms with Crippen LogP contribution in [0.15, 0.2) is 29.4 Å². The highest BCUT2D eigenvalue weighted by atomic mass is 35.5. The normalized spacial score (nSPS) is 13.3. The second-order valence-electron chi connectivity index (χ2n) is 6.70. The minimum absolute atomic E-state index is 0.287. The largest absolute Gasteiger partial charge is 0.313 e. The molecule has 0 radical (unpaired) electrons. The van der Waals surface area contributed by atoms with Crippen LogP contribution in [0, 0.1) is 0 Å². The van der Waals surface area contributed by atoms with Crippen LogP contribution in [-0.2, 0) is 12.8 Å². The average Bonchev–Trinajstić information content (AvgIpc) is 2.81. The Morgan fingerprint density at radius 2 is 1.81 bits per heavy atom. The van der Waals surface area contributed by atoms with Gasteiger partial charge in [-0.05, 0) is 57.2 Å². The van der Waals surface area contributed by atoms with Crippen LogP contribution in [0.3, 0.4) is 0 Å². The number of aryl methyl sites for hydroxylation is 1. The number of hydrogen-bond donors (Lipinski definition) is 2. The molecular formula is C20H22ClN3O2S. The maximum Gasteiger partial charge on any atom is 0.274 e. The van der Waals surface area contributed by atoms with Crippen molar-refractivity contribution in [2.24, 2.45) is 5.10 Å². The van der Waals surface area contributed by atoms with E-state index in [0.29, 0.717) is 21.2 Å². The van der Waals surface area contributed by atoms with Crippen molar-refractivity contribution in [3.63, 3.8) is 0 Å². The van der Waals surface area contributed by atoms with Crippen molar-refractivity contribution in [2.45, 2.75) is 46.0 Å². The number of nitrogens with one attached hydrogen (secondary N) is 2. The van der Waals surface area contributed by atoms with Crippen molar-refractivity contribution in [3.05, 3.63) is 50.9 Å². The lowest BCUT2D eigenvalue weighted by atomic mass is 10.0. The fourth-order valence-corrected chi connectivity index (χ4v) is 4.61. The number of amides is 2. The Hall–Kier alpha value is -2.18. The van der Waals surface area contributed by atoms with E-state index in [9.17, 15) is 9.59 Å². The predicted molar refractivity (Wildman–Crippen MR) is 111 cm³/mol. The van der Waals surface area contributed by atoms with Gasteiger partial charge in [0, 0.05) is 10.6 Å². The molecule has 3 rings (SSSR count). The van der Waals surface area contributed by atoms with Gasteiger partial charge >= 0.3 is 0 Å². The molecule has 0 bridgehead atoms. The summed E-state index contributed by atoms with van der Waals surface area (Å²) >= 11 is 7.62. The highest BCUT2D eigenvalue weighted by molar-refractivity contribution is 7.17. The van der Waals surface area contributed by atoms with Crippen LogP contribution >= 0.6 is 22.9 Å². The molecule has 27 heavy (non-hydrogen) atoms. The molecule has 7 heteroatoms. The van der Waals surface area contributed by atoms with Crippen LogP contribution in [0.4, 0.5) is 5.00 Å². The number of nitrogens with zero attached hydrogens (tertiary/aromatic N) is 1. The first kappa shape index (κ1) is 19.6. The quantitative estimate of drug-likeness (QED) is 0.426. The van der Waals surface area contributed by atoms with Crippen LogP contribution in [0.5, 0.6) is 0 Å². The summed E-state index contributed by atoms with van der Waals surface area (Å²) in [5.41, 5.74) is 5.31. The maximum absolute atomic E-state index is 12.8. The van der Waals surface area contributed by atoms with Crippen molar-refractivity contribution >= 4 is 45.5 Å². The molecule has 0 spiro atoms. The van der Waals surface area contributed by atoms with Gasteiger partial charge in [-0.2, -0.15) is 5.10 Å². The number of carbonyl (C=O) groups excluding carboxylic acids is 2. The Kier molecular flexibility index (Phi) is 6.29. The molecule has 5 nitrogen and oxygen atoms in total. The number of fused-ring (bicyclic) bond motifs is 1. The summed E-state index contributed by atoms with van der Waals surface area (Å²) < 4.78 is 0. The van der Waals surface area contributed by atoms with Crippen molar-refractivity contribution < 1.29 is 9.59 Å².